The number of nitrogens with one attached hydrogen (secondary N) is 1. The maximum absolute atomic E-state index is 11.4. The fraction of sp³-hybridized carbons (Fsp3) is 0.111. The summed E-state index contributed by atoms with van der Waals surface area (Å²) in [6.45, 7) is -0.153. The third-order valence-corrected chi connectivity index (χ3v) is 2.23. The second-order valence-corrected chi connectivity index (χ2v) is 3.48. The Morgan fingerprint density at radius 3 is 2.57 bits per heavy atom. The lowest BCUT2D eigenvalue weighted by Gasteiger charge is -2.03. The molecule has 0 aromatic heterocycles. The van der Waals surface area contributed by atoms with Crippen molar-refractivity contribution in [1.29, 1.82) is 0 Å². The molecule has 1 aromatic rings. The lowest BCUT2D eigenvalue weighted by molar-refractivity contribution is -0.117. The SMILES string of the molecule is NC(=O)CNC(=O)c1ccccc1Br. The van der Waals surface area contributed by atoms with Crippen LogP contribution in [0.15, 0.2) is 28.7 Å². The van der Waals surface area contributed by atoms with Crippen LogP contribution in [-0.4, -0.2) is 18.4 Å². The molecule has 5 heteroatoms. The highest BCUT2D eigenvalue weighted by Gasteiger charge is 2.08. The topological polar surface area (TPSA) is 72.2 Å². The summed E-state index contributed by atoms with van der Waals surface area (Å²) in [5, 5.41) is 2.40. The molecule has 0 saturated carbocycles. The van der Waals surface area contributed by atoms with E-state index in [1.807, 2.05) is 0 Å². The van der Waals surface area contributed by atoms with Gasteiger partial charge in [-0.25, -0.2) is 0 Å². The van der Waals surface area contributed by atoms with Crippen LogP contribution in [0, 0.1) is 0 Å². The second-order valence-electron chi connectivity index (χ2n) is 2.63. The minimum atomic E-state index is -0.564. The monoisotopic (exact) mass is 256 g/mol. The molecule has 0 bridgehead atoms. The molecule has 1 aromatic carbocycles. The van der Waals surface area contributed by atoms with E-state index >= 15 is 0 Å². The lowest BCUT2D eigenvalue weighted by Crippen LogP contribution is -2.33. The van der Waals surface area contributed by atoms with E-state index in [-0.39, 0.29) is 12.5 Å². The Labute approximate surface area is 89.6 Å². The Morgan fingerprint density at radius 2 is 2.00 bits per heavy atom. The van der Waals surface area contributed by atoms with Crippen molar-refractivity contribution in [2.24, 2.45) is 5.73 Å². The van der Waals surface area contributed by atoms with Gasteiger partial charge >= 0.3 is 0 Å². The molecule has 0 saturated heterocycles. The number of rotatable bonds is 3. The summed E-state index contributed by atoms with van der Waals surface area (Å²) in [6, 6.07) is 6.94. The number of primary amides is 1. The van der Waals surface area contributed by atoms with Gasteiger partial charge in [0.05, 0.1) is 12.1 Å². The number of nitrogens with two attached hydrogens (primary N) is 1. The maximum Gasteiger partial charge on any atom is 0.252 e. The molecule has 74 valence electrons. The fourth-order valence-electron chi connectivity index (χ4n) is 0.908. The van der Waals surface area contributed by atoms with Gasteiger partial charge in [0.2, 0.25) is 5.91 Å². The van der Waals surface area contributed by atoms with Crippen LogP contribution in [0.3, 0.4) is 0 Å². The molecular weight excluding hydrogens is 248 g/mol. The highest BCUT2D eigenvalue weighted by molar-refractivity contribution is 9.10. The van der Waals surface area contributed by atoms with Gasteiger partial charge in [-0.2, -0.15) is 0 Å². The summed E-state index contributed by atoms with van der Waals surface area (Å²) >= 11 is 3.23. The zero-order valence-electron chi connectivity index (χ0n) is 7.29. The molecule has 2 amide bonds. The van der Waals surface area contributed by atoms with Gasteiger partial charge in [0, 0.05) is 4.47 Å². The second kappa shape index (κ2) is 4.76. The van der Waals surface area contributed by atoms with E-state index in [2.05, 4.69) is 21.2 Å². The summed E-state index contributed by atoms with van der Waals surface area (Å²) in [6.07, 6.45) is 0. The maximum atomic E-state index is 11.4. The van der Waals surface area contributed by atoms with Crippen LogP contribution >= 0.6 is 15.9 Å². The van der Waals surface area contributed by atoms with Crippen molar-refractivity contribution in [3.05, 3.63) is 34.3 Å². The highest BCUT2D eigenvalue weighted by atomic mass is 79.9. The van der Waals surface area contributed by atoms with Crippen molar-refractivity contribution in [3.63, 3.8) is 0 Å². The molecule has 0 aliphatic rings. The van der Waals surface area contributed by atoms with E-state index in [9.17, 15) is 9.59 Å². The first-order valence-corrected chi connectivity index (χ1v) is 4.71. The van der Waals surface area contributed by atoms with Crippen molar-refractivity contribution in [2.45, 2.75) is 0 Å². The van der Waals surface area contributed by atoms with Gasteiger partial charge in [0.25, 0.3) is 5.91 Å². The van der Waals surface area contributed by atoms with Gasteiger partial charge in [0.1, 0.15) is 0 Å². The van der Waals surface area contributed by atoms with Crippen LogP contribution in [0.5, 0.6) is 0 Å². The number of carbonyl (C=O) groups excluding carboxylic acids is 2. The Hall–Kier alpha value is -1.36. The van der Waals surface area contributed by atoms with E-state index in [0.29, 0.717) is 10.0 Å². The van der Waals surface area contributed by atoms with Crippen LogP contribution < -0.4 is 11.1 Å². The first-order valence-electron chi connectivity index (χ1n) is 3.92. The van der Waals surface area contributed by atoms with Gasteiger partial charge in [-0.1, -0.05) is 12.1 Å². The van der Waals surface area contributed by atoms with E-state index in [0.717, 1.165) is 0 Å². The van der Waals surface area contributed by atoms with Crippen LogP contribution in [0.2, 0.25) is 0 Å². The number of carbonyl (C=O) groups is 2. The van der Waals surface area contributed by atoms with E-state index < -0.39 is 5.91 Å². The normalized spacial score (nSPS) is 9.50. The largest absolute Gasteiger partial charge is 0.368 e. The number of amides is 2. The van der Waals surface area contributed by atoms with Crippen LogP contribution in [0.4, 0.5) is 0 Å². The van der Waals surface area contributed by atoms with Crippen LogP contribution in [-0.2, 0) is 4.79 Å². The minimum absolute atomic E-state index is 0.153. The van der Waals surface area contributed by atoms with Crippen molar-refractivity contribution in [2.75, 3.05) is 6.54 Å². The van der Waals surface area contributed by atoms with Crippen LogP contribution in [0.1, 0.15) is 10.4 Å². The smallest absolute Gasteiger partial charge is 0.252 e. The summed E-state index contributed by atoms with van der Waals surface area (Å²) < 4.78 is 0.682. The van der Waals surface area contributed by atoms with Crippen LogP contribution in [0.25, 0.3) is 0 Å². The van der Waals surface area contributed by atoms with Gasteiger partial charge in [-0.05, 0) is 28.1 Å². The van der Waals surface area contributed by atoms with Gasteiger partial charge in [-0.15, -0.1) is 0 Å². The Kier molecular flexibility index (Phi) is 3.64. The molecule has 0 unspecified atom stereocenters. The average molecular weight is 257 g/mol. The Balaban J connectivity index is 2.70. The summed E-state index contributed by atoms with van der Waals surface area (Å²) in [7, 11) is 0. The van der Waals surface area contributed by atoms with E-state index in [1.54, 1.807) is 24.3 Å². The molecule has 14 heavy (non-hydrogen) atoms. The number of hydrogen-bond acceptors (Lipinski definition) is 2. The van der Waals surface area contributed by atoms with Gasteiger partial charge in [-0.3, -0.25) is 9.59 Å². The Bertz CT molecular complexity index is 366. The first kappa shape index (κ1) is 10.7. The molecule has 3 N–H and O–H groups in total. The van der Waals surface area contributed by atoms with Gasteiger partial charge in [0.15, 0.2) is 0 Å². The fourth-order valence-corrected chi connectivity index (χ4v) is 1.37. The first-order chi connectivity index (χ1) is 6.61. The number of halogens is 1. The molecule has 0 heterocycles. The van der Waals surface area contributed by atoms with E-state index in [1.165, 1.54) is 0 Å². The third-order valence-electron chi connectivity index (χ3n) is 1.54. The molecule has 0 aliphatic carbocycles. The third kappa shape index (κ3) is 2.85. The van der Waals surface area contributed by atoms with Crippen molar-refractivity contribution in [1.82, 2.24) is 5.32 Å². The molecule has 0 fully saturated rings. The molecule has 0 spiro atoms. The predicted octanol–water partition coefficient (Wildman–Crippen LogP) is 0.664. The predicted molar refractivity (Wildman–Crippen MR) is 55.7 cm³/mol. The standard InChI is InChI=1S/C9H9BrN2O2/c10-7-4-2-1-3-6(7)9(14)12-5-8(11)13/h1-4H,5H2,(H2,11,13)(H,12,14). The van der Waals surface area contributed by atoms with Gasteiger partial charge < -0.3 is 11.1 Å². The van der Waals surface area contributed by atoms with Crippen molar-refractivity contribution < 1.29 is 9.59 Å². The highest BCUT2D eigenvalue weighted by Crippen LogP contribution is 2.15. The molecule has 1 rings (SSSR count). The van der Waals surface area contributed by atoms with E-state index in [4.69, 9.17) is 5.73 Å². The van der Waals surface area contributed by atoms with Crippen molar-refractivity contribution >= 4 is 27.7 Å². The minimum Gasteiger partial charge on any atom is -0.368 e. The summed E-state index contributed by atoms with van der Waals surface area (Å²) in [4.78, 5) is 21.8. The molecule has 0 aliphatic heterocycles. The molecule has 0 atom stereocenters. The molecule has 0 radical (unpaired) electrons. The number of hydrogen-bond donors (Lipinski definition) is 2. The lowest BCUT2D eigenvalue weighted by atomic mass is 10.2. The summed E-state index contributed by atoms with van der Waals surface area (Å²) in [5.74, 6) is -0.887. The zero-order chi connectivity index (χ0) is 10.6. The zero-order valence-corrected chi connectivity index (χ0v) is 8.87. The molecule has 4 nitrogen and oxygen atoms in total. The number of benzene rings is 1. The summed E-state index contributed by atoms with van der Waals surface area (Å²) in [5.41, 5.74) is 5.37. The molecular formula is C9H9BrN2O2. The van der Waals surface area contributed by atoms with Crippen molar-refractivity contribution in [3.8, 4) is 0 Å². The Morgan fingerprint density at radius 1 is 1.36 bits per heavy atom. The average Bonchev–Trinajstić information content (AvgIpc) is 2.15. The quantitative estimate of drug-likeness (QED) is 0.835.